The zero-order valence-corrected chi connectivity index (χ0v) is 14.5. The van der Waals surface area contributed by atoms with Crippen molar-refractivity contribution in [2.45, 2.75) is 13.5 Å². The molecule has 0 unspecified atom stereocenters. The highest BCUT2D eigenvalue weighted by atomic mass is 19.1. The summed E-state index contributed by atoms with van der Waals surface area (Å²) < 4.78 is 19.3. The molecule has 0 aromatic heterocycles. The maximum absolute atomic E-state index is 13.8. The number of para-hydroxylation sites is 1. The predicted octanol–water partition coefficient (Wildman–Crippen LogP) is 3.18. The van der Waals surface area contributed by atoms with E-state index in [0.29, 0.717) is 43.1 Å². The normalized spacial score (nSPS) is 15.2. The van der Waals surface area contributed by atoms with Crippen LogP contribution in [0.5, 0.6) is 5.75 Å². The lowest BCUT2D eigenvalue weighted by atomic mass is 10.1. The number of ether oxygens (including phenoxy) is 1. The molecule has 0 N–H and O–H groups in total. The molecule has 1 heterocycles. The Morgan fingerprint density at radius 3 is 2.44 bits per heavy atom. The first kappa shape index (κ1) is 17.4. The summed E-state index contributed by atoms with van der Waals surface area (Å²) in [6.45, 7) is 5.74. The molecular weight excluding hydrogens is 319 g/mol. The van der Waals surface area contributed by atoms with Crippen LogP contribution < -0.4 is 4.74 Å². The van der Waals surface area contributed by atoms with Crippen molar-refractivity contribution >= 4 is 5.91 Å². The van der Waals surface area contributed by atoms with Gasteiger partial charge in [-0.25, -0.2) is 4.39 Å². The molecule has 2 aromatic rings. The van der Waals surface area contributed by atoms with Crippen molar-refractivity contribution in [1.29, 1.82) is 0 Å². The summed E-state index contributed by atoms with van der Waals surface area (Å²) in [7, 11) is 0. The van der Waals surface area contributed by atoms with Gasteiger partial charge in [-0.3, -0.25) is 9.69 Å². The Morgan fingerprint density at radius 2 is 1.72 bits per heavy atom. The number of carbonyl (C=O) groups is 1. The van der Waals surface area contributed by atoms with Crippen molar-refractivity contribution in [3.63, 3.8) is 0 Å². The van der Waals surface area contributed by atoms with Crippen LogP contribution in [0.4, 0.5) is 4.39 Å². The SMILES string of the molecule is CCOc1ccccc1C(=O)N1CCN(Cc2ccccc2F)CC1. The second-order valence-corrected chi connectivity index (χ2v) is 6.09. The maximum Gasteiger partial charge on any atom is 0.257 e. The van der Waals surface area contributed by atoms with Crippen molar-refractivity contribution in [2.24, 2.45) is 0 Å². The van der Waals surface area contributed by atoms with Crippen LogP contribution >= 0.6 is 0 Å². The molecule has 0 aliphatic carbocycles. The van der Waals surface area contributed by atoms with Gasteiger partial charge < -0.3 is 9.64 Å². The molecule has 1 saturated heterocycles. The van der Waals surface area contributed by atoms with Crippen LogP contribution in [0.3, 0.4) is 0 Å². The minimum atomic E-state index is -0.174. The summed E-state index contributed by atoms with van der Waals surface area (Å²) in [6.07, 6.45) is 0. The minimum absolute atomic E-state index is 0.00501. The first-order chi connectivity index (χ1) is 12.2. The van der Waals surface area contributed by atoms with Crippen LogP contribution in [0.15, 0.2) is 48.5 Å². The van der Waals surface area contributed by atoms with E-state index in [1.54, 1.807) is 12.1 Å². The topological polar surface area (TPSA) is 32.8 Å². The van der Waals surface area contributed by atoms with Gasteiger partial charge in [0.2, 0.25) is 0 Å². The number of hydrogen-bond donors (Lipinski definition) is 0. The van der Waals surface area contributed by atoms with E-state index in [0.717, 1.165) is 13.1 Å². The van der Waals surface area contributed by atoms with Crippen molar-refractivity contribution in [1.82, 2.24) is 9.80 Å². The summed E-state index contributed by atoms with van der Waals surface area (Å²) in [5, 5.41) is 0. The highest BCUT2D eigenvalue weighted by molar-refractivity contribution is 5.97. The largest absolute Gasteiger partial charge is 0.493 e. The zero-order valence-electron chi connectivity index (χ0n) is 14.5. The van der Waals surface area contributed by atoms with E-state index in [-0.39, 0.29) is 11.7 Å². The van der Waals surface area contributed by atoms with E-state index in [1.807, 2.05) is 42.2 Å². The molecule has 3 rings (SSSR count). The Balaban J connectivity index is 1.61. The molecule has 132 valence electrons. The Labute approximate surface area is 147 Å². The van der Waals surface area contributed by atoms with Gasteiger partial charge in [0.1, 0.15) is 11.6 Å². The second-order valence-electron chi connectivity index (χ2n) is 6.09. The van der Waals surface area contributed by atoms with Gasteiger partial charge in [-0.2, -0.15) is 0 Å². The first-order valence-corrected chi connectivity index (χ1v) is 8.66. The number of benzene rings is 2. The van der Waals surface area contributed by atoms with Gasteiger partial charge in [-0.15, -0.1) is 0 Å². The highest BCUT2D eigenvalue weighted by Crippen LogP contribution is 2.21. The Bertz CT molecular complexity index is 727. The lowest BCUT2D eigenvalue weighted by molar-refractivity contribution is 0.0623. The summed E-state index contributed by atoms with van der Waals surface area (Å²) in [6, 6.07) is 14.2. The molecule has 5 heteroatoms. The third-order valence-corrected chi connectivity index (χ3v) is 4.43. The fraction of sp³-hybridized carbons (Fsp3) is 0.350. The van der Waals surface area contributed by atoms with Gasteiger partial charge in [0, 0.05) is 38.3 Å². The third-order valence-electron chi connectivity index (χ3n) is 4.43. The molecule has 0 saturated carbocycles. The smallest absolute Gasteiger partial charge is 0.257 e. The average molecular weight is 342 g/mol. The van der Waals surface area contributed by atoms with Crippen molar-refractivity contribution in [2.75, 3.05) is 32.8 Å². The molecule has 1 aliphatic heterocycles. The molecule has 1 fully saturated rings. The second kappa shape index (κ2) is 8.12. The van der Waals surface area contributed by atoms with Crippen molar-refractivity contribution < 1.29 is 13.9 Å². The van der Waals surface area contributed by atoms with E-state index in [1.165, 1.54) is 6.07 Å². The van der Waals surface area contributed by atoms with Gasteiger partial charge in [0.05, 0.1) is 12.2 Å². The van der Waals surface area contributed by atoms with Crippen LogP contribution in [-0.4, -0.2) is 48.5 Å². The van der Waals surface area contributed by atoms with Crippen LogP contribution in [0.1, 0.15) is 22.8 Å². The lowest BCUT2D eigenvalue weighted by Crippen LogP contribution is -2.48. The molecule has 2 aromatic carbocycles. The fourth-order valence-electron chi connectivity index (χ4n) is 3.07. The van der Waals surface area contributed by atoms with Crippen molar-refractivity contribution in [3.05, 3.63) is 65.5 Å². The van der Waals surface area contributed by atoms with E-state index in [2.05, 4.69) is 4.90 Å². The van der Waals surface area contributed by atoms with Crippen LogP contribution in [-0.2, 0) is 6.54 Å². The van der Waals surface area contributed by atoms with Gasteiger partial charge in [0.15, 0.2) is 0 Å². The van der Waals surface area contributed by atoms with Crippen LogP contribution in [0.2, 0.25) is 0 Å². The Kier molecular flexibility index (Phi) is 5.66. The van der Waals surface area contributed by atoms with Crippen molar-refractivity contribution in [3.8, 4) is 5.75 Å². The summed E-state index contributed by atoms with van der Waals surface area (Å²) >= 11 is 0. The molecule has 0 radical (unpaired) electrons. The number of carbonyl (C=O) groups excluding carboxylic acids is 1. The summed E-state index contributed by atoms with van der Waals surface area (Å²) in [4.78, 5) is 16.8. The van der Waals surface area contributed by atoms with E-state index in [4.69, 9.17) is 4.74 Å². The zero-order chi connectivity index (χ0) is 17.6. The number of nitrogens with zero attached hydrogens (tertiary/aromatic N) is 2. The van der Waals surface area contributed by atoms with Crippen LogP contribution in [0.25, 0.3) is 0 Å². The number of rotatable bonds is 5. The predicted molar refractivity (Wildman–Crippen MR) is 95.2 cm³/mol. The molecule has 1 amide bonds. The molecular formula is C20H23FN2O2. The van der Waals surface area contributed by atoms with E-state index < -0.39 is 0 Å². The van der Waals surface area contributed by atoms with Crippen LogP contribution in [0, 0.1) is 5.82 Å². The van der Waals surface area contributed by atoms with Gasteiger partial charge >= 0.3 is 0 Å². The number of halogens is 1. The molecule has 0 bridgehead atoms. The van der Waals surface area contributed by atoms with E-state index >= 15 is 0 Å². The molecule has 1 aliphatic rings. The number of hydrogen-bond acceptors (Lipinski definition) is 3. The van der Waals surface area contributed by atoms with Gasteiger partial charge in [-0.1, -0.05) is 30.3 Å². The third kappa shape index (κ3) is 4.17. The quantitative estimate of drug-likeness (QED) is 0.837. The standard InChI is InChI=1S/C20H23FN2O2/c1-2-25-19-10-6-4-8-17(19)20(24)23-13-11-22(12-14-23)15-16-7-3-5-9-18(16)21/h3-10H,2,11-15H2,1H3. The lowest BCUT2D eigenvalue weighted by Gasteiger charge is -2.35. The first-order valence-electron chi connectivity index (χ1n) is 8.66. The maximum atomic E-state index is 13.8. The average Bonchev–Trinajstić information content (AvgIpc) is 2.64. The summed E-state index contributed by atoms with van der Waals surface area (Å²) in [5.74, 6) is 0.449. The fourth-order valence-corrected chi connectivity index (χ4v) is 3.07. The number of amides is 1. The molecule has 0 atom stereocenters. The highest BCUT2D eigenvalue weighted by Gasteiger charge is 2.24. The monoisotopic (exact) mass is 342 g/mol. The Hall–Kier alpha value is -2.40. The molecule has 0 spiro atoms. The molecule has 25 heavy (non-hydrogen) atoms. The summed E-state index contributed by atoms with van der Waals surface area (Å²) in [5.41, 5.74) is 1.30. The van der Waals surface area contributed by atoms with Gasteiger partial charge in [0.25, 0.3) is 5.91 Å². The van der Waals surface area contributed by atoms with Gasteiger partial charge in [-0.05, 0) is 25.1 Å². The minimum Gasteiger partial charge on any atom is -0.493 e. The number of piperazine rings is 1. The Morgan fingerprint density at radius 1 is 1.04 bits per heavy atom. The van der Waals surface area contributed by atoms with E-state index in [9.17, 15) is 9.18 Å². The molecule has 4 nitrogen and oxygen atoms in total.